The van der Waals surface area contributed by atoms with Gasteiger partial charge in [-0.15, -0.1) is 0 Å². The first kappa shape index (κ1) is 11.9. The summed E-state index contributed by atoms with van der Waals surface area (Å²) in [5.41, 5.74) is 0.173. The molecule has 0 spiro atoms. The van der Waals surface area contributed by atoms with Crippen molar-refractivity contribution in [2.45, 2.75) is 31.1 Å². The normalized spacial score (nSPS) is 21.9. The predicted octanol–water partition coefficient (Wildman–Crippen LogP) is 1.95. The largest absolute Gasteiger partial charge is 0.476 e. The number of alkyl halides is 2. The molecule has 0 bridgehead atoms. The highest BCUT2D eigenvalue weighted by molar-refractivity contribution is 5.97. The van der Waals surface area contributed by atoms with Crippen molar-refractivity contribution in [3.8, 4) is 0 Å². The number of fused-ring (bicyclic) bond motifs is 1. The van der Waals surface area contributed by atoms with Gasteiger partial charge in [0.15, 0.2) is 11.3 Å². The van der Waals surface area contributed by atoms with Crippen LogP contribution in [0.1, 0.15) is 41.5 Å². The van der Waals surface area contributed by atoms with E-state index in [2.05, 4.69) is 19.9 Å². The van der Waals surface area contributed by atoms with Gasteiger partial charge in [0.2, 0.25) is 5.92 Å². The Bertz CT molecular complexity index is 655. The number of aromatic nitrogens is 4. The Hall–Kier alpha value is -2.12. The van der Waals surface area contributed by atoms with Gasteiger partial charge in [-0.25, -0.2) is 28.5 Å². The molecule has 2 heterocycles. The Balaban J connectivity index is 2.03. The monoisotopic (exact) mass is 268 g/mol. The van der Waals surface area contributed by atoms with E-state index in [4.69, 9.17) is 5.11 Å². The zero-order valence-corrected chi connectivity index (χ0v) is 9.73. The predicted molar refractivity (Wildman–Crippen MR) is 60.2 cm³/mol. The van der Waals surface area contributed by atoms with Crippen LogP contribution in [0.5, 0.6) is 0 Å². The van der Waals surface area contributed by atoms with Gasteiger partial charge in [0.05, 0.1) is 0 Å². The Morgan fingerprint density at radius 3 is 2.89 bits per heavy atom. The van der Waals surface area contributed by atoms with E-state index in [0.29, 0.717) is 12.2 Å². The van der Waals surface area contributed by atoms with Gasteiger partial charge in [0.25, 0.3) is 0 Å². The summed E-state index contributed by atoms with van der Waals surface area (Å²) in [5, 5.41) is 8.98. The van der Waals surface area contributed by atoms with Gasteiger partial charge in [-0.1, -0.05) is 0 Å². The molecule has 1 aliphatic carbocycles. The zero-order valence-electron chi connectivity index (χ0n) is 9.73. The molecule has 2 aromatic rings. The molecule has 0 saturated heterocycles. The molecule has 1 atom stereocenters. The second-order valence-electron chi connectivity index (χ2n) is 4.64. The first-order chi connectivity index (χ1) is 8.96. The molecule has 100 valence electrons. The fourth-order valence-corrected chi connectivity index (χ4v) is 2.39. The number of H-pyrrole nitrogens is 1. The van der Waals surface area contributed by atoms with Crippen molar-refractivity contribution < 1.29 is 18.7 Å². The molecule has 1 saturated carbocycles. The number of carboxylic acid groups (broad SMARTS) is 1. The van der Waals surface area contributed by atoms with Gasteiger partial charge in [0.1, 0.15) is 17.7 Å². The number of aromatic amines is 1. The average molecular weight is 268 g/mol. The molecule has 1 unspecified atom stereocenters. The van der Waals surface area contributed by atoms with Crippen LogP contribution in [0.2, 0.25) is 0 Å². The van der Waals surface area contributed by atoms with Crippen LogP contribution >= 0.6 is 0 Å². The second-order valence-corrected chi connectivity index (χ2v) is 4.64. The summed E-state index contributed by atoms with van der Waals surface area (Å²) in [5.74, 6) is -3.93. The Morgan fingerprint density at radius 2 is 2.26 bits per heavy atom. The maximum atomic E-state index is 13.2. The van der Waals surface area contributed by atoms with Crippen molar-refractivity contribution in [1.29, 1.82) is 0 Å². The number of nitrogens with one attached hydrogen (secondary N) is 1. The summed E-state index contributed by atoms with van der Waals surface area (Å²) in [6.45, 7) is 0. The summed E-state index contributed by atoms with van der Waals surface area (Å²) in [6, 6.07) is 0. The van der Waals surface area contributed by atoms with Gasteiger partial charge in [-0.3, -0.25) is 0 Å². The Morgan fingerprint density at radius 1 is 1.47 bits per heavy atom. The third-order valence-corrected chi connectivity index (χ3v) is 3.30. The van der Waals surface area contributed by atoms with Crippen molar-refractivity contribution in [2.75, 3.05) is 0 Å². The molecule has 19 heavy (non-hydrogen) atoms. The molecule has 1 aliphatic rings. The van der Waals surface area contributed by atoms with E-state index >= 15 is 0 Å². The van der Waals surface area contributed by atoms with Crippen molar-refractivity contribution in [1.82, 2.24) is 19.9 Å². The third kappa shape index (κ3) is 2.02. The number of imidazole rings is 1. The number of aromatic carboxylic acids is 1. The highest BCUT2D eigenvalue weighted by Gasteiger charge is 2.41. The van der Waals surface area contributed by atoms with Gasteiger partial charge in [0, 0.05) is 18.8 Å². The van der Waals surface area contributed by atoms with Crippen molar-refractivity contribution in [3.05, 3.63) is 17.8 Å². The quantitative estimate of drug-likeness (QED) is 0.868. The zero-order chi connectivity index (χ0) is 13.6. The number of hydrogen-bond acceptors (Lipinski definition) is 4. The molecular weight excluding hydrogens is 258 g/mol. The molecule has 2 N–H and O–H groups in total. The van der Waals surface area contributed by atoms with Gasteiger partial charge >= 0.3 is 5.97 Å². The molecule has 8 heteroatoms. The minimum atomic E-state index is -2.68. The van der Waals surface area contributed by atoms with Crippen LogP contribution in [0.3, 0.4) is 0 Å². The van der Waals surface area contributed by atoms with Crippen molar-refractivity contribution in [2.24, 2.45) is 0 Å². The van der Waals surface area contributed by atoms with Crippen LogP contribution in [0.4, 0.5) is 8.78 Å². The minimum Gasteiger partial charge on any atom is -0.476 e. The van der Waals surface area contributed by atoms with Gasteiger partial charge in [-0.05, 0) is 6.42 Å². The summed E-state index contributed by atoms with van der Waals surface area (Å²) in [6.07, 6.45) is 0.969. The lowest BCUT2D eigenvalue weighted by atomic mass is 10.1. The molecule has 2 aromatic heterocycles. The molecule has 0 amide bonds. The van der Waals surface area contributed by atoms with E-state index in [1.165, 1.54) is 0 Å². The lowest BCUT2D eigenvalue weighted by Crippen LogP contribution is -2.09. The molecule has 0 aliphatic heterocycles. The lowest BCUT2D eigenvalue weighted by Gasteiger charge is -2.07. The van der Waals surface area contributed by atoms with E-state index in [1.807, 2.05) is 0 Å². The average Bonchev–Trinajstić information content (AvgIpc) is 2.90. The van der Waals surface area contributed by atoms with E-state index in [-0.39, 0.29) is 29.7 Å². The number of halogens is 2. The number of carboxylic acids is 1. The topological polar surface area (TPSA) is 91.8 Å². The maximum absolute atomic E-state index is 13.2. The lowest BCUT2D eigenvalue weighted by molar-refractivity contribution is 0.00755. The molecule has 0 aromatic carbocycles. The van der Waals surface area contributed by atoms with Crippen LogP contribution < -0.4 is 0 Å². The summed E-state index contributed by atoms with van der Waals surface area (Å²) in [7, 11) is 0. The smallest absolute Gasteiger partial charge is 0.356 e. The molecule has 0 radical (unpaired) electrons. The van der Waals surface area contributed by atoms with Crippen LogP contribution in [0, 0.1) is 0 Å². The summed E-state index contributed by atoms with van der Waals surface area (Å²) >= 11 is 0. The maximum Gasteiger partial charge on any atom is 0.356 e. The first-order valence-corrected chi connectivity index (χ1v) is 5.78. The second kappa shape index (κ2) is 3.94. The summed E-state index contributed by atoms with van der Waals surface area (Å²) in [4.78, 5) is 25.4. The van der Waals surface area contributed by atoms with Crippen LogP contribution in [0.25, 0.3) is 11.2 Å². The van der Waals surface area contributed by atoms with Crippen molar-refractivity contribution >= 4 is 17.1 Å². The third-order valence-electron chi connectivity index (χ3n) is 3.30. The molecule has 3 rings (SSSR count). The molecule has 6 nitrogen and oxygen atoms in total. The fraction of sp³-hybridized carbons (Fsp3) is 0.455. The number of hydrogen-bond donors (Lipinski definition) is 2. The first-order valence-electron chi connectivity index (χ1n) is 5.78. The van der Waals surface area contributed by atoms with E-state index in [1.54, 1.807) is 0 Å². The highest BCUT2D eigenvalue weighted by Crippen LogP contribution is 2.43. The standard InChI is InChI=1S/C11H10F2N4O2/c12-11(13)2-1-5(3-11)8-16-6-7(10(18)19)14-4-15-9(6)17-8/h4-5H,1-3H2,(H,18,19)(H,14,15,16,17). The Kier molecular flexibility index (Phi) is 2.48. The van der Waals surface area contributed by atoms with Crippen LogP contribution in [-0.2, 0) is 0 Å². The van der Waals surface area contributed by atoms with Crippen molar-refractivity contribution in [3.63, 3.8) is 0 Å². The van der Waals surface area contributed by atoms with Gasteiger partial charge < -0.3 is 10.1 Å². The number of nitrogens with zero attached hydrogens (tertiary/aromatic N) is 3. The number of carbonyl (C=O) groups is 1. The number of rotatable bonds is 2. The van der Waals surface area contributed by atoms with E-state index in [9.17, 15) is 13.6 Å². The molecular formula is C11H10F2N4O2. The van der Waals surface area contributed by atoms with Crippen LogP contribution in [0.15, 0.2) is 6.33 Å². The highest BCUT2D eigenvalue weighted by atomic mass is 19.3. The van der Waals surface area contributed by atoms with Crippen LogP contribution in [-0.4, -0.2) is 36.9 Å². The summed E-state index contributed by atoms with van der Waals surface area (Å²) < 4.78 is 26.4. The fourth-order valence-electron chi connectivity index (χ4n) is 2.39. The minimum absolute atomic E-state index is 0.174. The van der Waals surface area contributed by atoms with E-state index < -0.39 is 17.8 Å². The SMILES string of the molecule is O=C(O)c1ncnc2nc(C3CCC(F)(F)C3)[nH]c12. The Labute approximate surface area is 105 Å². The van der Waals surface area contributed by atoms with Gasteiger partial charge in [-0.2, -0.15) is 0 Å². The molecule has 1 fully saturated rings. The van der Waals surface area contributed by atoms with E-state index in [0.717, 1.165) is 6.33 Å².